The summed E-state index contributed by atoms with van der Waals surface area (Å²) in [5.74, 6) is 2.40. The maximum atomic E-state index is 7.17. The maximum absolute atomic E-state index is 7.17. The van der Waals surface area contributed by atoms with Crippen molar-refractivity contribution < 1.29 is 4.74 Å². The van der Waals surface area contributed by atoms with Crippen molar-refractivity contribution in [1.82, 2.24) is 9.55 Å². The van der Waals surface area contributed by atoms with Crippen LogP contribution in [0.2, 0.25) is 0 Å². The van der Waals surface area contributed by atoms with Crippen LogP contribution in [0.25, 0.3) is 72.1 Å². The molecule has 77 heavy (non-hydrogen) atoms. The highest BCUT2D eigenvalue weighted by molar-refractivity contribution is 6.11. The number of hydrogen-bond donors (Lipinski definition) is 0. The van der Waals surface area contributed by atoms with Gasteiger partial charge in [0, 0.05) is 51.5 Å². The van der Waals surface area contributed by atoms with Gasteiger partial charge in [-0.3, -0.25) is 4.57 Å². The van der Waals surface area contributed by atoms with Crippen molar-refractivity contribution in [3.63, 3.8) is 0 Å². The zero-order valence-electron chi connectivity index (χ0n) is 45.8. The SMILES string of the molecule is CC(C)(C)c1ccc(-c2cccc(-c3ccccc3)c2N2CN(c3cc(Oc4ccc5c6cc(-c7ccccc7)ccc6n(-c6cc(C(C)(C)C)c(-c7ccccc7)cn6)c5c4)cc(C(C)(C)C)c3)c3ccccc32)cc1. The van der Waals surface area contributed by atoms with E-state index in [0.717, 1.165) is 67.3 Å². The lowest BCUT2D eigenvalue weighted by Crippen LogP contribution is -2.25. The monoisotopic (exact) mass is 1000 g/mol. The van der Waals surface area contributed by atoms with E-state index in [-0.39, 0.29) is 16.2 Å². The molecule has 0 saturated carbocycles. The Hall–Kier alpha value is -8.67. The molecule has 0 unspecified atom stereocenters. The Morgan fingerprint density at radius 1 is 0.390 bits per heavy atom. The third kappa shape index (κ3) is 9.35. The van der Waals surface area contributed by atoms with E-state index >= 15 is 0 Å². The molecule has 5 heteroatoms. The van der Waals surface area contributed by atoms with E-state index < -0.39 is 0 Å². The smallest absolute Gasteiger partial charge is 0.137 e. The molecule has 1 aliphatic rings. The standard InChI is InChI=1S/C72H66N4O/c1-70(2,3)53-35-32-51(33-36-53)59-29-21-28-58(49-24-15-11-16-25-49)69(59)75-47-74(65-30-19-20-31-66(65)75)55-41-54(71(4,5)6)42-57(43-55)77-56-37-38-60-61-40-52(48-22-13-10-14-23-48)34-39-64(61)76(67(60)44-56)68-45-63(72(7,8)9)62(46-73-68)50-26-17-12-18-27-50/h10-46H,47H2,1-9H3. The second-order valence-electron chi connectivity index (χ2n) is 23.8. The summed E-state index contributed by atoms with van der Waals surface area (Å²) in [4.78, 5) is 10.2. The minimum atomic E-state index is -0.172. The molecule has 0 radical (unpaired) electrons. The summed E-state index contributed by atoms with van der Waals surface area (Å²) < 4.78 is 9.49. The van der Waals surface area contributed by atoms with Crippen molar-refractivity contribution in [3.8, 4) is 61.8 Å². The van der Waals surface area contributed by atoms with Crippen molar-refractivity contribution in [2.24, 2.45) is 0 Å². The normalized spacial score (nSPS) is 12.9. The first kappa shape index (κ1) is 49.2. The number of pyridine rings is 1. The summed E-state index contributed by atoms with van der Waals surface area (Å²) in [5.41, 5.74) is 19.5. The molecular formula is C72H66N4O. The van der Waals surface area contributed by atoms with Crippen LogP contribution in [-0.2, 0) is 16.2 Å². The molecule has 0 N–H and O–H groups in total. The van der Waals surface area contributed by atoms with Crippen LogP contribution in [0.3, 0.4) is 0 Å². The van der Waals surface area contributed by atoms with Crippen LogP contribution in [0.15, 0.2) is 225 Å². The highest BCUT2D eigenvalue weighted by Gasteiger charge is 2.33. The van der Waals surface area contributed by atoms with E-state index in [9.17, 15) is 0 Å². The molecule has 12 rings (SSSR count). The van der Waals surface area contributed by atoms with Gasteiger partial charge in [-0.05, 0) is 115 Å². The lowest BCUT2D eigenvalue weighted by atomic mass is 9.82. The summed E-state index contributed by atoms with van der Waals surface area (Å²) in [5, 5.41) is 2.29. The second-order valence-corrected chi connectivity index (χ2v) is 23.8. The molecule has 1 aliphatic heterocycles. The molecule has 0 bridgehead atoms. The first-order chi connectivity index (χ1) is 37.1. The molecule has 380 valence electrons. The molecule has 0 atom stereocenters. The van der Waals surface area contributed by atoms with Crippen LogP contribution in [0.5, 0.6) is 11.5 Å². The van der Waals surface area contributed by atoms with Gasteiger partial charge in [0.25, 0.3) is 0 Å². The van der Waals surface area contributed by atoms with Crippen molar-refractivity contribution in [2.45, 2.75) is 78.6 Å². The van der Waals surface area contributed by atoms with Gasteiger partial charge >= 0.3 is 0 Å². The van der Waals surface area contributed by atoms with Crippen LogP contribution >= 0.6 is 0 Å². The van der Waals surface area contributed by atoms with Crippen LogP contribution in [-0.4, -0.2) is 16.2 Å². The van der Waals surface area contributed by atoms with Crippen LogP contribution < -0.4 is 14.5 Å². The Morgan fingerprint density at radius 3 is 1.58 bits per heavy atom. The van der Waals surface area contributed by atoms with E-state index in [1.165, 1.54) is 55.8 Å². The Bertz CT molecular complexity index is 3970. The molecule has 5 nitrogen and oxygen atoms in total. The first-order valence-corrected chi connectivity index (χ1v) is 27.0. The van der Waals surface area contributed by atoms with Gasteiger partial charge in [0.1, 0.15) is 24.0 Å². The van der Waals surface area contributed by atoms with Gasteiger partial charge in [0.15, 0.2) is 0 Å². The summed E-state index contributed by atoms with van der Waals surface area (Å²) in [6.45, 7) is 21.1. The zero-order valence-corrected chi connectivity index (χ0v) is 45.8. The van der Waals surface area contributed by atoms with E-state index in [1.807, 2.05) is 0 Å². The quantitative estimate of drug-likeness (QED) is 0.144. The van der Waals surface area contributed by atoms with Gasteiger partial charge in [-0.25, -0.2) is 4.98 Å². The minimum absolute atomic E-state index is 0.0512. The molecule has 2 aromatic heterocycles. The number of ether oxygens (including phenoxy) is 1. The fourth-order valence-electron chi connectivity index (χ4n) is 11.2. The van der Waals surface area contributed by atoms with Gasteiger partial charge in [-0.2, -0.15) is 0 Å². The van der Waals surface area contributed by atoms with Crippen molar-refractivity contribution in [3.05, 3.63) is 241 Å². The largest absolute Gasteiger partial charge is 0.457 e. The van der Waals surface area contributed by atoms with E-state index in [1.54, 1.807) is 0 Å². The molecule has 0 amide bonds. The Labute approximate surface area is 454 Å². The molecular weight excluding hydrogens is 937 g/mol. The van der Waals surface area contributed by atoms with E-state index in [2.05, 4.69) is 301 Å². The molecule has 11 aromatic rings. The van der Waals surface area contributed by atoms with Gasteiger partial charge in [-0.15, -0.1) is 0 Å². The summed E-state index contributed by atoms with van der Waals surface area (Å²) in [7, 11) is 0. The number of para-hydroxylation sites is 3. The van der Waals surface area contributed by atoms with Crippen LogP contribution in [0.1, 0.15) is 79.0 Å². The van der Waals surface area contributed by atoms with Gasteiger partial charge in [0.05, 0.1) is 28.1 Å². The summed E-state index contributed by atoms with van der Waals surface area (Å²) in [6.07, 6.45) is 2.06. The molecule has 3 heterocycles. The predicted molar refractivity (Wildman–Crippen MR) is 325 cm³/mol. The van der Waals surface area contributed by atoms with Crippen molar-refractivity contribution in [2.75, 3.05) is 16.5 Å². The third-order valence-electron chi connectivity index (χ3n) is 15.4. The Morgan fingerprint density at radius 2 is 0.961 bits per heavy atom. The van der Waals surface area contributed by atoms with Crippen LogP contribution in [0, 0.1) is 0 Å². The number of anilines is 4. The first-order valence-electron chi connectivity index (χ1n) is 27.0. The number of benzene rings is 9. The fraction of sp³-hybridized carbons (Fsp3) is 0.181. The van der Waals surface area contributed by atoms with Gasteiger partial charge in [0.2, 0.25) is 0 Å². The summed E-state index contributed by atoms with van der Waals surface area (Å²) >= 11 is 0. The molecule has 0 aliphatic carbocycles. The number of nitrogens with zero attached hydrogens (tertiary/aromatic N) is 4. The lowest BCUT2D eigenvalue weighted by molar-refractivity contribution is 0.479. The van der Waals surface area contributed by atoms with Crippen molar-refractivity contribution >= 4 is 44.6 Å². The maximum Gasteiger partial charge on any atom is 0.137 e. The summed E-state index contributed by atoms with van der Waals surface area (Å²) in [6, 6.07) is 79.3. The van der Waals surface area contributed by atoms with E-state index in [0.29, 0.717) is 6.67 Å². The number of rotatable bonds is 9. The van der Waals surface area contributed by atoms with Crippen molar-refractivity contribution in [1.29, 1.82) is 0 Å². The second kappa shape index (κ2) is 19.2. The van der Waals surface area contributed by atoms with Gasteiger partial charge in [-0.1, -0.05) is 214 Å². The third-order valence-corrected chi connectivity index (χ3v) is 15.4. The van der Waals surface area contributed by atoms with E-state index in [4.69, 9.17) is 9.72 Å². The molecule has 0 fully saturated rings. The Kier molecular flexibility index (Phi) is 12.3. The fourth-order valence-corrected chi connectivity index (χ4v) is 11.2. The lowest BCUT2D eigenvalue weighted by Gasteiger charge is -2.28. The topological polar surface area (TPSA) is 33.5 Å². The highest BCUT2D eigenvalue weighted by atomic mass is 16.5. The molecule has 9 aromatic carbocycles. The average Bonchev–Trinajstić information content (AvgIpc) is 4.19. The Balaban J connectivity index is 0.980. The van der Waals surface area contributed by atoms with Gasteiger partial charge < -0.3 is 14.5 Å². The highest BCUT2D eigenvalue weighted by Crippen LogP contribution is 2.51. The molecule has 0 saturated heterocycles. The number of aromatic nitrogens is 2. The van der Waals surface area contributed by atoms with Crippen LogP contribution in [0.4, 0.5) is 22.7 Å². The molecule has 0 spiro atoms. The average molecular weight is 1000 g/mol. The zero-order chi connectivity index (χ0) is 53.2. The predicted octanol–water partition coefficient (Wildman–Crippen LogP) is 19.8. The number of fused-ring (bicyclic) bond motifs is 4. The number of hydrogen-bond acceptors (Lipinski definition) is 4. The minimum Gasteiger partial charge on any atom is -0.457 e.